The second kappa shape index (κ2) is 6.37. The number of rotatable bonds is 4. The normalized spacial score (nSPS) is 11.5. The van der Waals surface area contributed by atoms with Crippen LogP contribution >= 0.6 is 11.3 Å². The van der Waals surface area contributed by atoms with Gasteiger partial charge >= 0.3 is 0 Å². The van der Waals surface area contributed by atoms with E-state index in [4.69, 9.17) is 0 Å². The van der Waals surface area contributed by atoms with Gasteiger partial charge in [0.15, 0.2) is 15.7 Å². The minimum Gasteiger partial charge on any atom is -0.273 e. The Morgan fingerprint density at radius 1 is 1.20 bits per heavy atom. The smallest absolute Gasteiger partial charge is 0.270 e. The van der Waals surface area contributed by atoms with Crippen molar-refractivity contribution in [2.24, 2.45) is 0 Å². The van der Waals surface area contributed by atoms with Gasteiger partial charge in [0.25, 0.3) is 5.91 Å². The predicted octanol–water partition coefficient (Wildman–Crippen LogP) is 2.73. The summed E-state index contributed by atoms with van der Waals surface area (Å²) in [5, 5.41) is 0.129. The Kier molecular flexibility index (Phi) is 4.39. The van der Waals surface area contributed by atoms with Crippen molar-refractivity contribution in [3.63, 3.8) is 0 Å². The van der Waals surface area contributed by atoms with Gasteiger partial charge in [0.2, 0.25) is 5.13 Å². The number of carbonyl (C=O) groups is 1. The van der Waals surface area contributed by atoms with Crippen LogP contribution in [0.4, 0.5) is 13.9 Å². The van der Waals surface area contributed by atoms with Crippen LogP contribution in [-0.4, -0.2) is 25.6 Å². The highest BCUT2D eigenvalue weighted by Crippen LogP contribution is 2.28. The molecule has 0 saturated heterocycles. The average Bonchev–Trinajstić information content (AvgIpc) is 2.95. The fraction of sp³-hybridized carbons (Fsp3) is 0.0667. The number of fused-ring (bicyclic) bond motifs is 1. The van der Waals surface area contributed by atoms with Crippen LogP contribution in [0.2, 0.25) is 0 Å². The first-order chi connectivity index (χ1) is 11.8. The quantitative estimate of drug-likeness (QED) is 0.677. The largest absolute Gasteiger partial charge is 0.273 e. The van der Waals surface area contributed by atoms with E-state index in [-0.39, 0.29) is 25.8 Å². The van der Waals surface area contributed by atoms with Gasteiger partial charge in [-0.05, 0) is 18.2 Å². The molecule has 0 atom stereocenters. The van der Waals surface area contributed by atoms with Gasteiger partial charge in [0.05, 0.1) is 15.2 Å². The Morgan fingerprint density at radius 2 is 1.92 bits per heavy atom. The van der Waals surface area contributed by atoms with Crippen LogP contribution in [-0.2, 0) is 9.84 Å². The van der Waals surface area contributed by atoms with Gasteiger partial charge < -0.3 is 0 Å². The zero-order chi connectivity index (χ0) is 18.2. The number of thiazole rings is 1. The first kappa shape index (κ1) is 17.2. The Balaban J connectivity index is 1.83. The van der Waals surface area contributed by atoms with Gasteiger partial charge in [-0.1, -0.05) is 23.5 Å². The van der Waals surface area contributed by atoms with Gasteiger partial charge in [0.1, 0.15) is 11.3 Å². The van der Waals surface area contributed by atoms with Crippen LogP contribution in [0.3, 0.4) is 0 Å². The molecule has 3 rings (SSSR count). The molecule has 0 aliphatic heterocycles. The number of nitrogens with zero attached hydrogens (tertiary/aromatic N) is 1. The van der Waals surface area contributed by atoms with Crippen molar-refractivity contribution in [3.05, 3.63) is 53.6 Å². The molecule has 1 aromatic heterocycles. The Bertz CT molecular complexity index is 1080. The number of carbonyl (C=O) groups excluding carboxylic acids is 1. The number of aromatic nitrogens is 1. The van der Waals surface area contributed by atoms with Crippen LogP contribution in [0.5, 0.6) is 0 Å². The third-order valence-corrected chi connectivity index (χ3v) is 5.30. The second-order valence-corrected chi connectivity index (χ2v) is 8.12. The molecule has 2 N–H and O–H groups in total. The first-order valence-corrected chi connectivity index (χ1v) is 9.57. The van der Waals surface area contributed by atoms with Crippen molar-refractivity contribution in [1.29, 1.82) is 0 Å². The van der Waals surface area contributed by atoms with Crippen molar-refractivity contribution in [1.82, 2.24) is 10.4 Å². The van der Waals surface area contributed by atoms with E-state index in [0.29, 0.717) is 6.07 Å². The van der Waals surface area contributed by atoms with Crippen LogP contribution in [0.1, 0.15) is 10.4 Å². The molecule has 3 aromatic rings. The van der Waals surface area contributed by atoms with E-state index in [9.17, 15) is 22.0 Å². The maximum absolute atomic E-state index is 13.6. The van der Waals surface area contributed by atoms with E-state index in [0.717, 1.165) is 23.7 Å². The Labute approximate surface area is 145 Å². The maximum Gasteiger partial charge on any atom is 0.270 e. The molecule has 0 aliphatic rings. The minimum absolute atomic E-state index is 0.0281. The summed E-state index contributed by atoms with van der Waals surface area (Å²) in [6.07, 6.45) is 0.997. The second-order valence-electron chi connectivity index (χ2n) is 5.10. The third kappa shape index (κ3) is 3.59. The lowest BCUT2D eigenvalue weighted by molar-refractivity contribution is 0.0959. The summed E-state index contributed by atoms with van der Waals surface area (Å²) >= 11 is 0.937. The molecule has 0 radical (unpaired) electrons. The molecular formula is C15H11F2N3O3S2. The van der Waals surface area contributed by atoms with E-state index < -0.39 is 27.4 Å². The fourth-order valence-electron chi connectivity index (χ4n) is 2.17. The van der Waals surface area contributed by atoms with E-state index in [1.807, 2.05) is 0 Å². The molecule has 2 aromatic carbocycles. The molecule has 0 saturated carbocycles. The highest BCUT2D eigenvalue weighted by molar-refractivity contribution is 7.90. The van der Waals surface area contributed by atoms with Crippen molar-refractivity contribution >= 4 is 42.4 Å². The zero-order valence-corrected chi connectivity index (χ0v) is 14.3. The van der Waals surface area contributed by atoms with Crippen molar-refractivity contribution in [2.45, 2.75) is 4.90 Å². The number of sulfone groups is 1. The van der Waals surface area contributed by atoms with E-state index in [1.54, 1.807) is 0 Å². The summed E-state index contributed by atoms with van der Waals surface area (Å²) in [6, 6.07) is 7.56. The number of amides is 1. The monoisotopic (exact) mass is 383 g/mol. The topological polar surface area (TPSA) is 88.2 Å². The number of nitrogens with one attached hydrogen (secondary N) is 2. The summed E-state index contributed by atoms with van der Waals surface area (Å²) in [5.74, 6) is -2.24. The van der Waals surface area contributed by atoms with Crippen LogP contribution in [0.15, 0.2) is 41.3 Å². The predicted molar refractivity (Wildman–Crippen MR) is 90.2 cm³/mol. The Morgan fingerprint density at radius 3 is 2.64 bits per heavy atom. The summed E-state index contributed by atoms with van der Waals surface area (Å²) in [7, 11) is -3.59. The summed E-state index contributed by atoms with van der Waals surface area (Å²) in [5.41, 5.74) is 4.71. The molecule has 25 heavy (non-hydrogen) atoms. The molecule has 0 spiro atoms. The molecule has 130 valence electrons. The lowest BCUT2D eigenvalue weighted by Gasteiger charge is -2.08. The molecule has 10 heteroatoms. The number of hydrogen-bond acceptors (Lipinski definition) is 6. The maximum atomic E-state index is 13.6. The lowest BCUT2D eigenvalue weighted by Crippen LogP contribution is -2.30. The summed E-state index contributed by atoms with van der Waals surface area (Å²) < 4.78 is 50.6. The number of hydrogen-bond donors (Lipinski definition) is 2. The molecule has 0 fully saturated rings. The third-order valence-electron chi connectivity index (χ3n) is 3.23. The molecule has 1 heterocycles. The van der Waals surface area contributed by atoms with Gasteiger partial charge in [-0.3, -0.25) is 15.6 Å². The molecule has 0 aliphatic carbocycles. The highest BCUT2D eigenvalue weighted by Gasteiger charge is 2.18. The minimum atomic E-state index is -3.59. The van der Waals surface area contributed by atoms with Crippen molar-refractivity contribution in [2.75, 3.05) is 11.7 Å². The van der Waals surface area contributed by atoms with Gasteiger partial charge in [-0.15, -0.1) is 0 Å². The van der Waals surface area contributed by atoms with Crippen molar-refractivity contribution < 1.29 is 22.0 Å². The summed E-state index contributed by atoms with van der Waals surface area (Å²) in [4.78, 5) is 16.0. The van der Waals surface area contributed by atoms with Gasteiger partial charge in [0, 0.05) is 12.3 Å². The fourth-order valence-corrected chi connectivity index (χ4v) is 3.91. The molecule has 0 bridgehead atoms. The zero-order valence-electron chi connectivity index (χ0n) is 12.7. The Hall–Kier alpha value is -2.59. The number of hydrazine groups is 1. The summed E-state index contributed by atoms with van der Waals surface area (Å²) in [6.45, 7) is 0. The van der Waals surface area contributed by atoms with Crippen LogP contribution in [0.25, 0.3) is 10.2 Å². The van der Waals surface area contributed by atoms with Gasteiger partial charge in [-0.25, -0.2) is 22.2 Å². The lowest BCUT2D eigenvalue weighted by atomic mass is 10.2. The molecule has 1 amide bonds. The SMILES string of the molecule is CS(=O)(=O)c1ccccc1C(=O)NNc1nc2c(F)cc(F)cc2s1. The molecule has 0 unspecified atom stereocenters. The number of anilines is 1. The van der Waals surface area contributed by atoms with Crippen molar-refractivity contribution in [3.8, 4) is 0 Å². The highest BCUT2D eigenvalue weighted by atomic mass is 32.2. The number of halogens is 2. The first-order valence-electron chi connectivity index (χ1n) is 6.87. The van der Waals surface area contributed by atoms with E-state index in [2.05, 4.69) is 15.8 Å². The average molecular weight is 383 g/mol. The molecular weight excluding hydrogens is 372 g/mol. The van der Waals surface area contributed by atoms with E-state index in [1.165, 1.54) is 24.3 Å². The molecule has 6 nitrogen and oxygen atoms in total. The van der Waals surface area contributed by atoms with Crippen LogP contribution < -0.4 is 10.9 Å². The standard InChI is InChI=1S/C15H11F2N3O3S2/c1-25(22,23)12-5-3-2-4-9(12)14(21)19-20-15-18-13-10(17)6-8(16)7-11(13)24-15/h2-7H,1H3,(H,18,20)(H,19,21). The van der Waals surface area contributed by atoms with Crippen LogP contribution in [0, 0.1) is 11.6 Å². The number of benzene rings is 2. The van der Waals surface area contributed by atoms with E-state index >= 15 is 0 Å². The van der Waals surface area contributed by atoms with Gasteiger partial charge in [-0.2, -0.15) is 0 Å².